The van der Waals surface area contributed by atoms with Crippen molar-refractivity contribution >= 4 is 5.78 Å². The maximum atomic E-state index is 12.2. The number of rotatable bonds is 5. The van der Waals surface area contributed by atoms with Gasteiger partial charge in [-0.1, -0.05) is 13.3 Å². The Hall–Kier alpha value is -1.12. The summed E-state index contributed by atoms with van der Waals surface area (Å²) in [7, 11) is 0. The molecule has 0 bridgehead atoms. The number of carbonyl (C=O) groups is 1. The summed E-state index contributed by atoms with van der Waals surface area (Å²) in [6.45, 7) is 4.31. The average molecular weight is 246 g/mol. The molecule has 1 aromatic rings. The lowest BCUT2D eigenvalue weighted by Gasteiger charge is -2.08. The predicted molar refractivity (Wildman–Crippen MR) is 70.3 cm³/mol. The van der Waals surface area contributed by atoms with Gasteiger partial charge in [-0.15, -0.1) is 0 Å². The molecule has 0 aromatic carbocycles. The second-order valence-electron chi connectivity index (χ2n) is 5.97. The highest BCUT2D eigenvalue weighted by molar-refractivity contribution is 5.86. The Balaban J connectivity index is 1.59. The van der Waals surface area contributed by atoms with E-state index in [-0.39, 0.29) is 0 Å². The lowest BCUT2D eigenvalue weighted by molar-refractivity contribution is -0.120. The van der Waals surface area contributed by atoms with E-state index in [4.69, 9.17) is 0 Å². The van der Waals surface area contributed by atoms with E-state index in [9.17, 15) is 4.79 Å². The topological polar surface area (TPSA) is 34.9 Å². The Labute approximate surface area is 109 Å². The zero-order valence-corrected chi connectivity index (χ0v) is 11.3. The molecule has 3 atom stereocenters. The molecule has 2 aliphatic rings. The van der Waals surface area contributed by atoms with Crippen LogP contribution in [-0.4, -0.2) is 15.6 Å². The van der Waals surface area contributed by atoms with Crippen LogP contribution in [0.25, 0.3) is 0 Å². The number of carbonyl (C=O) groups excluding carboxylic acids is 1. The summed E-state index contributed by atoms with van der Waals surface area (Å²) in [5, 5.41) is 4.52. The number of hydrogen-bond acceptors (Lipinski definition) is 2. The Morgan fingerprint density at radius 2 is 2.22 bits per heavy atom. The first-order valence-corrected chi connectivity index (χ1v) is 7.27. The van der Waals surface area contributed by atoms with Crippen LogP contribution >= 0.6 is 0 Å². The van der Waals surface area contributed by atoms with Crippen molar-refractivity contribution in [1.82, 2.24) is 9.78 Å². The van der Waals surface area contributed by atoms with Crippen LogP contribution in [0.5, 0.6) is 0 Å². The Bertz CT molecular complexity index is 441. The van der Waals surface area contributed by atoms with Crippen molar-refractivity contribution in [1.29, 1.82) is 0 Å². The third-order valence-electron chi connectivity index (χ3n) is 4.84. The molecule has 3 nitrogen and oxygen atoms in total. The fourth-order valence-electron chi connectivity index (χ4n) is 3.50. The van der Waals surface area contributed by atoms with Crippen molar-refractivity contribution < 1.29 is 4.79 Å². The van der Waals surface area contributed by atoms with Crippen molar-refractivity contribution in [2.45, 2.75) is 52.0 Å². The molecule has 0 saturated heterocycles. The highest BCUT2D eigenvalue weighted by atomic mass is 16.1. The maximum absolute atomic E-state index is 12.2. The SMILES string of the molecule is CCC(C)n1ccc(CC(=O)C2C3CCCC32)n1. The average Bonchev–Trinajstić information content (AvgIpc) is 2.76. The molecule has 1 aromatic heterocycles. The van der Waals surface area contributed by atoms with Crippen LogP contribution in [0, 0.1) is 17.8 Å². The first kappa shape index (κ1) is 11.9. The van der Waals surface area contributed by atoms with Crippen molar-refractivity contribution in [2.24, 2.45) is 17.8 Å². The van der Waals surface area contributed by atoms with Crippen molar-refractivity contribution in [3.8, 4) is 0 Å². The molecule has 3 heteroatoms. The van der Waals surface area contributed by atoms with E-state index in [0.717, 1.165) is 24.0 Å². The minimum absolute atomic E-state index is 0.382. The normalized spacial score (nSPS) is 31.1. The predicted octanol–water partition coefficient (Wildman–Crippen LogP) is 3.01. The van der Waals surface area contributed by atoms with Gasteiger partial charge >= 0.3 is 0 Å². The molecule has 3 unspecified atom stereocenters. The second-order valence-corrected chi connectivity index (χ2v) is 5.97. The molecule has 0 amide bonds. The van der Waals surface area contributed by atoms with Crippen molar-refractivity contribution in [2.75, 3.05) is 0 Å². The van der Waals surface area contributed by atoms with Gasteiger partial charge in [-0.25, -0.2) is 0 Å². The van der Waals surface area contributed by atoms with Gasteiger partial charge in [0.05, 0.1) is 12.1 Å². The highest BCUT2D eigenvalue weighted by Crippen LogP contribution is 2.58. The molecule has 2 saturated carbocycles. The van der Waals surface area contributed by atoms with Crippen molar-refractivity contribution in [3.63, 3.8) is 0 Å². The zero-order chi connectivity index (χ0) is 12.7. The molecule has 3 rings (SSSR count). The van der Waals surface area contributed by atoms with Crippen LogP contribution in [0.2, 0.25) is 0 Å². The number of ketones is 1. The minimum atomic E-state index is 0.382. The Morgan fingerprint density at radius 1 is 1.50 bits per heavy atom. The number of aromatic nitrogens is 2. The molecule has 0 aliphatic heterocycles. The van der Waals surface area contributed by atoms with E-state index < -0.39 is 0 Å². The summed E-state index contributed by atoms with van der Waals surface area (Å²) in [6, 6.07) is 2.43. The molecule has 2 fully saturated rings. The fraction of sp³-hybridized carbons (Fsp3) is 0.733. The van der Waals surface area contributed by atoms with E-state index in [1.165, 1.54) is 19.3 Å². The fourth-order valence-corrected chi connectivity index (χ4v) is 3.50. The van der Waals surface area contributed by atoms with Crippen LogP contribution in [0.4, 0.5) is 0 Å². The number of fused-ring (bicyclic) bond motifs is 1. The lowest BCUT2D eigenvalue weighted by Crippen LogP contribution is -2.11. The van der Waals surface area contributed by atoms with Gasteiger partial charge in [0, 0.05) is 18.2 Å². The number of hydrogen-bond donors (Lipinski definition) is 0. The molecule has 0 spiro atoms. The largest absolute Gasteiger partial charge is 0.299 e. The first-order chi connectivity index (χ1) is 8.70. The standard InChI is InChI=1S/C15H22N2O/c1-3-10(2)17-8-7-11(16-17)9-14(18)15-12-5-4-6-13(12)15/h7-8,10,12-13,15H,3-6,9H2,1-2H3. The minimum Gasteiger partial charge on any atom is -0.299 e. The van der Waals surface area contributed by atoms with Crippen LogP contribution in [0.15, 0.2) is 12.3 Å². The summed E-state index contributed by atoms with van der Waals surface area (Å²) in [5.41, 5.74) is 0.949. The third kappa shape index (κ3) is 2.00. The molecule has 18 heavy (non-hydrogen) atoms. The number of Topliss-reactive ketones (excluding diaryl/α,β-unsaturated/α-hetero) is 1. The van der Waals surface area contributed by atoms with Gasteiger partial charge in [-0.05, 0) is 44.1 Å². The summed E-state index contributed by atoms with van der Waals surface area (Å²) in [6.07, 6.45) is 7.51. The van der Waals surface area contributed by atoms with Gasteiger partial charge in [0.2, 0.25) is 0 Å². The molecular weight excluding hydrogens is 224 g/mol. The van der Waals surface area contributed by atoms with E-state index in [2.05, 4.69) is 18.9 Å². The summed E-state index contributed by atoms with van der Waals surface area (Å²) in [5.74, 6) is 2.27. The molecule has 2 aliphatic carbocycles. The molecule has 0 radical (unpaired) electrons. The van der Waals surface area contributed by atoms with Crippen LogP contribution in [0.1, 0.15) is 51.3 Å². The quantitative estimate of drug-likeness (QED) is 0.800. The Morgan fingerprint density at radius 3 is 2.89 bits per heavy atom. The van der Waals surface area contributed by atoms with Crippen LogP contribution in [-0.2, 0) is 11.2 Å². The molecule has 0 N–H and O–H groups in total. The first-order valence-electron chi connectivity index (χ1n) is 7.27. The molecule has 98 valence electrons. The van der Waals surface area contributed by atoms with Gasteiger partial charge in [-0.3, -0.25) is 9.48 Å². The third-order valence-corrected chi connectivity index (χ3v) is 4.84. The lowest BCUT2D eigenvalue weighted by atomic mass is 10.0. The summed E-state index contributed by atoms with van der Waals surface area (Å²) >= 11 is 0. The molecular formula is C15H22N2O. The van der Waals surface area contributed by atoms with Crippen LogP contribution in [0.3, 0.4) is 0 Å². The van der Waals surface area contributed by atoms with Gasteiger partial charge in [0.1, 0.15) is 5.78 Å². The smallest absolute Gasteiger partial charge is 0.142 e. The van der Waals surface area contributed by atoms with E-state index in [0.29, 0.717) is 24.2 Å². The summed E-state index contributed by atoms with van der Waals surface area (Å²) < 4.78 is 1.98. The second kappa shape index (κ2) is 4.52. The van der Waals surface area contributed by atoms with Gasteiger partial charge in [0.15, 0.2) is 0 Å². The van der Waals surface area contributed by atoms with Gasteiger partial charge in [-0.2, -0.15) is 5.10 Å². The van der Waals surface area contributed by atoms with Gasteiger partial charge < -0.3 is 0 Å². The molecule has 1 heterocycles. The van der Waals surface area contributed by atoms with Crippen molar-refractivity contribution in [3.05, 3.63) is 18.0 Å². The van der Waals surface area contributed by atoms with E-state index in [1.54, 1.807) is 0 Å². The zero-order valence-electron chi connectivity index (χ0n) is 11.3. The monoisotopic (exact) mass is 246 g/mol. The highest BCUT2D eigenvalue weighted by Gasteiger charge is 2.55. The number of nitrogens with zero attached hydrogens (tertiary/aromatic N) is 2. The van der Waals surface area contributed by atoms with E-state index in [1.807, 2.05) is 16.9 Å². The van der Waals surface area contributed by atoms with Crippen LogP contribution < -0.4 is 0 Å². The van der Waals surface area contributed by atoms with E-state index >= 15 is 0 Å². The van der Waals surface area contributed by atoms with Gasteiger partial charge in [0.25, 0.3) is 0 Å². The summed E-state index contributed by atoms with van der Waals surface area (Å²) in [4.78, 5) is 12.2. The Kier molecular flexibility index (Phi) is 3.00. The maximum Gasteiger partial charge on any atom is 0.142 e.